The summed E-state index contributed by atoms with van der Waals surface area (Å²) in [4.78, 5) is 5.39. The lowest BCUT2D eigenvalue weighted by molar-refractivity contribution is 0.426. The van der Waals surface area contributed by atoms with Gasteiger partial charge >= 0.3 is 0 Å². The van der Waals surface area contributed by atoms with Gasteiger partial charge in [-0.3, -0.25) is 0 Å². The maximum atomic E-state index is 5.28. The van der Waals surface area contributed by atoms with Crippen LogP contribution in [-0.4, -0.2) is 20.3 Å². The van der Waals surface area contributed by atoms with E-state index in [4.69, 9.17) is 4.52 Å². The minimum atomic E-state index is 0.564. The molecule has 108 valence electrons. The van der Waals surface area contributed by atoms with Crippen LogP contribution >= 0.6 is 23.1 Å². The number of benzene rings is 1. The van der Waals surface area contributed by atoms with E-state index >= 15 is 0 Å². The normalized spacial score (nSPS) is 11.1. The summed E-state index contributed by atoms with van der Waals surface area (Å²) in [5.74, 6) is 1.81. The fourth-order valence-corrected chi connectivity index (χ4v) is 3.53. The fraction of sp³-hybridized carbons (Fsp3) is 0.0667. The number of nitrogens with zero attached hydrogens (tertiary/aromatic N) is 4. The van der Waals surface area contributed by atoms with Crippen LogP contribution in [0.4, 0.5) is 0 Å². The molecule has 5 nitrogen and oxygen atoms in total. The predicted molar refractivity (Wildman–Crippen MR) is 86.7 cm³/mol. The maximum Gasteiger partial charge on any atom is 0.268 e. The van der Waals surface area contributed by atoms with Gasteiger partial charge in [0.2, 0.25) is 0 Å². The molecule has 1 aromatic carbocycles. The highest BCUT2D eigenvalue weighted by molar-refractivity contribution is 7.98. The summed E-state index contributed by atoms with van der Waals surface area (Å²) < 4.78 is 5.28. The molecule has 0 fully saturated rings. The van der Waals surface area contributed by atoms with Crippen LogP contribution < -0.4 is 0 Å². The van der Waals surface area contributed by atoms with Crippen LogP contribution in [0.2, 0.25) is 0 Å². The zero-order chi connectivity index (χ0) is 14.8. The lowest BCUT2D eigenvalue weighted by Gasteiger charge is -2.01. The average molecular weight is 326 g/mol. The van der Waals surface area contributed by atoms with Crippen molar-refractivity contribution in [3.05, 3.63) is 53.8 Å². The molecule has 0 atom stereocenters. The second kappa shape index (κ2) is 5.86. The molecule has 0 radical (unpaired) electrons. The van der Waals surface area contributed by atoms with E-state index < -0.39 is 0 Å². The van der Waals surface area contributed by atoms with E-state index in [1.54, 1.807) is 29.3 Å². The van der Waals surface area contributed by atoms with Crippen molar-refractivity contribution in [2.24, 2.45) is 0 Å². The molecule has 3 aromatic heterocycles. The molecule has 0 aliphatic carbocycles. The third-order valence-corrected chi connectivity index (χ3v) is 4.91. The van der Waals surface area contributed by atoms with Crippen molar-refractivity contribution >= 4 is 33.9 Å². The van der Waals surface area contributed by atoms with Crippen molar-refractivity contribution in [3.63, 3.8) is 0 Å². The van der Waals surface area contributed by atoms with Crippen molar-refractivity contribution in [2.45, 2.75) is 10.8 Å². The minimum absolute atomic E-state index is 0.564. The van der Waals surface area contributed by atoms with Crippen LogP contribution in [0.15, 0.2) is 57.5 Å². The highest BCUT2D eigenvalue weighted by Gasteiger charge is 2.11. The van der Waals surface area contributed by atoms with Gasteiger partial charge in [-0.05, 0) is 11.4 Å². The number of thioether (sulfide) groups is 1. The standard InChI is InChI=1S/C15H10N4OS2/c1-2-5-11-10(4-1)8-16-18-15(11)22-9-13-17-14(20-19-13)12-6-3-7-21-12/h1-8H,9H2. The summed E-state index contributed by atoms with van der Waals surface area (Å²) in [7, 11) is 0. The molecule has 0 aliphatic rings. The largest absolute Gasteiger partial charge is 0.333 e. The molecular formula is C15H10N4OS2. The highest BCUT2D eigenvalue weighted by atomic mass is 32.2. The van der Waals surface area contributed by atoms with Crippen molar-refractivity contribution in [1.82, 2.24) is 20.3 Å². The number of thiophene rings is 1. The first-order chi connectivity index (χ1) is 10.9. The van der Waals surface area contributed by atoms with Crippen LogP contribution in [0, 0.1) is 0 Å². The van der Waals surface area contributed by atoms with Gasteiger partial charge in [0.25, 0.3) is 5.89 Å². The number of hydrogen-bond donors (Lipinski definition) is 0. The van der Waals surface area contributed by atoms with Gasteiger partial charge < -0.3 is 4.52 Å². The van der Waals surface area contributed by atoms with Gasteiger partial charge in [0.1, 0.15) is 5.03 Å². The molecule has 3 heterocycles. The van der Waals surface area contributed by atoms with Gasteiger partial charge in [0.15, 0.2) is 5.82 Å². The summed E-state index contributed by atoms with van der Waals surface area (Å²) in [5.41, 5.74) is 0. The summed E-state index contributed by atoms with van der Waals surface area (Å²) >= 11 is 3.14. The summed E-state index contributed by atoms with van der Waals surface area (Å²) in [5, 5.41) is 17.3. The number of aromatic nitrogens is 4. The van der Waals surface area contributed by atoms with Crippen molar-refractivity contribution < 1.29 is 4.52 Å². The quantitative estimate of drug-likeness (QED) is 0.527. The van der Waals surface area contributed by atoms with Gasteiger partial charge in [0, 0.05) is 10.8 Å². The zero-order valence-corrected chi connectivity index (χ0v) is 13.0. The first kappa shape index (κ1) is 13.4. The zero-order valence-electron chi connectivity index (χ0n) is 11.3. The van der Waals surface area contributed by atoms with Gasteiger partial charge in [-0.2, -0.15) is 10.1 Å². The van der Waals surface area contributed by atoms with E-state index in [1.807, 2.05) is 41.8 Å². The Balaban J connectivity index is 1.55. The lowest BCUT2D eigenvalue weighted by atomic mass is 10.2. The van der Waals surface area contributed by atoms with E-state index in [-0.39, 0.29) is 0 Å². The van der Waals surface area contributed by atoms with E-state index in [2.05, 4.69) is 20.3 Å². The van der Waals surface area contributed by atoms with Crippen LogP contribution in [0.3, 0.4) is 0 Å². The van der Waals surface area contributed by atoms with Gasteiger partial charge in [-0.1, -0.05) is 47.3 Å². The minimum Gasteiger partial charge on any atom is -0.333 e. The third-order valence-electron chi connectivity index (χ3n) is 3.07. The van der Waals surface area contributed by atoms with Crippen molar-refractivity contribution in [3.8, 4) is 10.8 Å². The Morgan fingerprint density at radius 3 is 3.00 bits per heavy atom. The molecule has 0 saturated heterocycles. The monoisotopic (exact) mass is 326 g/mol. The molecule has 7 heteroatoms. The molecule has 0 N–H and O–H groups in total. The molecule has 0 unspecified atom stereocenters. The van der Waals surface area contributed by atoms with Crippen LogP contribution in [0.1, 0.15) is 5.82 Å². The van der Waals surface area contributed by atoms with Gasteiger partial charge in [0.05, 0.1) is 16.8 Å². The second-order valence-electron chi connectivity index (χ2n) is 4.52. The first-order valence-corrected chi connectivity index (χ1v) is 8.46. The van der Waals surface area contributed by atoms with E-state index in [1.165, 1.54) is 0 Å². The Morgan fingerprint density at radius 2 is 2.09 bits per heavy atom. The molecular weight excluding hydrogens is 316 g/mol. The number of rotatable bonds is 4. The van der Waals surface area contributed by atoms with E-state index in [0.717, 1.165) is 20.7 Å². The summed E-state index contributed by atoms with van der Waals surface area (Å²) in [6.07, 6.45) is 1.77. The summed E-state index contributed by atoms with van der Waals surface area (Å²) in [6, 6.07) is 12.0. The average Bonchev–Trinajstić information content (AvgIpc) is 3.24. The van der Waals surface area contributed by atoms with Gasteiger partial charge in [-0.25, -0.2) is 0 Å². The lowest BCUT2D eigenvalue weighted by Crippen LogP contribution is -1.89. The molecule has 0 amide bonds. The van der Waals surface area contributed by atoms with Crippen molar-refractivity contribution in [2.75, 3.05) is 0 Å². The first-order valence-electron chi connectivity index (χ1n) is 6.60. The molecule has 0 spiro atoms. The predicted octanol–water partition coefficient (Wildman–Crippen LogP) is 4.03. The summed E-state index contributed by atoms with van der Waals surface area (Å²) in [6.45, 7) is 0. The third kappa shape index (κ3) is 2.60. The van der Waals surface area contributed by atoms with E-state index in [0.29, 0.717) is 17.5 Å². The smallest absolute Gasteiger partial charge is 0.268 e. The molecule has 4 rings (SSSR count). The van der Waals surface area contributed by atoms with E-state index in [9.17, 15) is 0 Å². The van der Waals surface area contributed by atoms with Crippen molar-refractivity contribution in [1.29, 1.82) is 0 Å². The number of fused-ring (bicyclic) bond motifs is 1. The molecule has 0 bridgehead atoms. The molecule has 0 aliphatic heterocycles. The van der Waals surface area contributed by atoms with Crippen LogP contribution in [0.5, 0.6) is 0 Å². The topological polar surface area (TPSA) is 64.7 Å². The Kier molecular flexibility index (Phi) is 3.57. The number of hydrogen-bond acceptors (Lipinski definition) is 7. The highest BCUT2D eigenvalue weighted by Crippen LogP contribution is 2.28. The van der Waals surface area contributed by atoms with Crippen LogP contribution in [-0.2, 0) is 5.75 Å². The fourth-order valence-electron chi connectivity index (χ4n) is 2.05. The molecule has 4 aromatic rings. The Hall–Kier alpha value is -2.25. The Labute approximate surface area is 134 Å². The molecule has 22 heavy (non-hydrogen) atoms. The second-order valence-corrected chi connectivity index (χ2v) is 6.43. The maximum absolute atomic E-state index is 5.28. The Morgan fingerprint density at radius 1 is 1.14 bits per heavy atom. The SMILES string of the molecule is c1csc(-c2nc(CSc3nncc4ccccc34)no2)c1. The van der Waals surface area contributed by atoms with Crippen LogP contribution in [0.25, 0.3) is 21.5 Å². The Bertz CT molecular complexity index is 899. The molecule has 0 saturated carbocycles. The van der Waals surface area contributed by atoms with Gasteiger partial charge in [-0.15, -0.1) is 16.4 Å².